The summed E-state index contributed by atoms with van der Waals surface area (Å²) in [6.45, 7) is 8.97. The topological polar surface area (TPSA) is 0 Å². The summed E-state index contributed by atoms with van der Waals surface area (Å²) in [5.74, 6) is 0. The molecule has 0 rings (SSSR count). The molecule has 0 aromatic heterocycles. The van der Waals surface area contributed by atoms with Crippen molar-refractivity contribution in [2.75, 3.05) is 0 Å². The third kappa shape index (κ3) is 53.0. The minimum Gasteiger partial charge on any atom is -2.00 e. The minimum absolute atomic E-state index is 0. The summed E-state index contributed by atoms with van der Waals surface area (Å²) in [5.41, 5.74) is 0. The standard InChI is InChI=1S/2C4H9.3S.2Sn/c2*1-3-4-2;;;;;/h2*3H,4H2,1-2H3;;;;;/q;;3*-2;2*+3. The van der Waals surface area contributed by atoms with Gasteiger partial charge in [-0.25, -0.2) is 0 Å². The van der Waals surface area contributed by atoms with Crippen LogP contribution in [0.2, 0.25) is 7.87 Å². The molecule has 0 N–H and O–H groups in total. The van der Waals surface area contributed by atoms with E-state index in [2.05, 4.69) is 27.7 Å². The van der Waals surface area contributed by atoms with Gasteiger partial charge in [0.25, 0.3) is 0 Å². The molecule has 0 aliphatic rings. The molecule has 0 amide bonds. The van der Waals surface area contributed by atoms with Crippen LogP contribution in [0.4, 0.5) is 0 Å². The van der Waals surface area contributed by atoms with E-state index in [9.17, 15) is 0 Å². The van der Waals surface area contributed by atoms with Crippen LogP contribution in [0.1, 0.15) is 40.5 Å². The van der Waals surface area contributed by atoms with Gasteiger partial charge < -0.3 is 40.5 Å². The molecule has 76 valence electrons. The second-order valence-electron chi connectivity index (χ2n) is 2.62. The van der Waals surface area contributed by atoms with Gasteiger partial charge in [-0.3, -0.25) is 0 Å². The molecule has 0 bridgehead atoms. The molecule has 0 radical (unpaired) electrons. The van der Waals surface area contributed by atoms with E-state index in [0.717, 1.165) is 7.87 Å². The van der Waals surface area contributed by atoms with Crippen LogP contribution in [0.15, 0.2) is 0 Å². The maximum atomic E-state index is 2.26. The van der Waals surface area contributed by atoms with Crippen molar-refractivity contribution in [3.05, 3.63) is 0 Å². The Hall–Kier alpha value is 2.65. The summed E-state index contributed by atoms with van der Waals surface area (Å²) in [4.78, 5) is 0. The van der Waals surface area contributed by atoms with Crippen molar-refractivity contribution in [3.63, 3.8) is 0 Å². The first-order valence-electron chi connectivity index (χ1n) is 3.96. The van der Waals surface area contributed by atoms with Crippen molar-refractivity contribution in [2.24, 2.45) is 0 Å². The van der Waals surface area contributed by atoms with Crippen molar-refractivity contribution in [2.45, 2.75) is 48.4 Å². The van der Waals surface area contributed by atoms with Crippen LogP contribution in [0.25, 0.3) is 0 Å². The van der Waals surface area contributed by atoms with Gasteiger partial charge in [0.1, 0.15) is 0 Å². The Bertz CT molecular complexity index is 53.4. The third-order valence-corrected chi connectivity index (χ3v) is 3.56. The van der Waals surface area contributed by atoms with Crippen LogP contribution < -0.4 is 0 Å². The van der Waals surface area contributed by atoms with Crippen LogP contribution in [-0.2, 0) is 40.5 Å². The Balaban J connectivity index is -0.0000000267. The maximum Gasteiger partial charge on any atom is -2.00 e. The van der Waals surface area contributed by atoms with Gasteiger partial charge in [0.15, 0.2) is 0 Å². The first-order valence-corrected chi connectivity index (χ1v) is 7.26. The fourth-order valence-corrected chi connectivity index (χ4v) is 0. The summed E-state index contributed by atoms with van der Waals surface area (Å²) in [6.07, 6.45) is 2.69. The minimum atomic E-state index is 0. The van der Waals surface area contributed by atoms with E-state index in [1.807, 2.05) is 0 Å². The van der Waals surface area contributed by atoms with Gasteiger partial charge in [-0.2, -0.15) is 0 Å². The van der Waals surface area contributed by atoms with Crippen LogP contribution >= 0.6 is 0 Å². The number of rotatable bonds is 2. The zero-order valence-corrected chi connectivity index (χ0v) is 17.0. The summed E-state index contributed by atoms with van der Waals surface area (Å²) < 4.78 is 1.95. The Morgan fingerprint density at radius 1 is 0.769 bits per heavy atom. The number of hydrogen-bond donors (Lipinski definition) is 0. The summed E-state index contributed by atoms with van der Waals surface area (Å²) >= 11 is 3.34. The monoisotopic (exact) mass is 450 g/mol. The second-order valence-corrected chi connectivity index (χ2v) is 8.24. The van der Waals surface area contributed by atoms with Gasteiger partial charge >= 0.3 is 93.5 Å². The zero-order chi connectivity index (χ0) is 8.57. The molecule has 0 aliphatic carbocycles. The first-order chi connectivity index (χ1) is 4.54. The number of hydrogen-bond acceptors (Lipinski definition) is 0. The van der Waals surface area contributed by atoms with E-state index in [1.54, 1.807) is 45.0 Å². The molecular formula is C8H18S3Sn2. The van der Waals surface area contributed by atoms with Crippen molar-refractivity contribution >= 4 is 85.5 Å². The van der Waals surface area contributed by atoms with E-state index in [4.69, 9.17) is 0 Å². The van der Waals surface area contributed by atoms with E-state index in [1.165, 1.54) is 12.8 Å². The van der Waals surface area contributed by atoms with Gasteiger partial charge in [0, 0.05) is 0 Å². The van der Waals surface area contributed by atoms with E-state index in [-0.39, 0.29) is 40.5 Å². The van der Waals surface area contributed by atoms with E-state index >= 15 is 0 Å². The molecular weight excluding hydrogens is 430 g/mol. The molecule has 5 heteroatoms. The van der Waals surface area contributed by atoms with Crippen molar-refractivity contribution in [1.29, 1.82) is 0 Å². The van der Waals surface area contributed by atoms with Crippen LogP contribution in [0.3, 0.4) is 0 Å². The average molecular weight is 448 g/mol. The molecule has 13 heavy (non-hydrogen) atoms. The van der Waals surface area contributed by atoms with Crippen LogP contribution in [0.5, 0.6) is 0 Å². The van der Waals surface area contributed by atoms with Gasteiger partial charge in [-0.1, -0.05) is 0 Å². The fraction of sp³-hybridized carbons (Fsp3) is 1.00. The predicted octanol–water partition coefficient (Wildman–Crippen LogP) is 2.74. The molecule has 0 nitrogen and oxygen atoms in total. The van der Waals surface area contributed by atoms with Crippen molar-refractivity contribution in [1.82, 2.24) is 0 Å². The molecule has 0 saturated heterocycles. The largest absolute Gasteiger partial charge is 2.00 e. The quantitative estimate of drug-likeness (QED) is 0.571. The summed E-state index contributed by atoms with van der Waals surface area (Å²) in [6, 6.07) is 0. The molecule has 0 aromatic carbocycles. The van der Waals surface area contributed by atoms with Crippen molar-refractivity contribution in [3.8, 4) is 0 Å². The normalized spacial score (nSPS) is 11.7. The summed E-state index contributed by atoms with van der Waals surface area (Å²) in [7, 11) is 0. The molecule has 0 aliphatic heterocycles. The van der Waals surface area contributed by atoms with Crippen LogP contribution in [-0.4, -0.2) is 45.0 Å². The average Bonchev–Trinajstić information content (AvgIpc) is 1.89. The molecule has 0 aromatic rings. The molecule has 0 fully saturated rings. The SMILES string of the molecule is CC[CH](C)[Sn+3].CC[CH](C)[Sn+3].[S-2].[S-2].[S-2]. The Labute approximate surface area is 132 Å². The first kappa shape index (κ1) is 29.6. The second kappa shape index (κ2) is 24.1. The zero-order valence-electron chi connectivity index (χ0n) is 8.79. The van der Waals surface area contributed by atoms with Gasteiger partial charge in [-0.15, -0.1) is 0 Å². The Morgan fingerprint density at radius 2 is 0.846 bits per heavy atom. The van der Waals surface area contributed by atoms with Gasteiger partial charge in [0.2, 0.25) is 0 Å². The maximum absolute atomic E-state index is 2.26. The molecule has 0 spiro atoms. The third-order valence-electron chi connectivity index (χ3n) is 1.22. The van der Waals surface area contributed by atoms with Crippen molar-refractivity contribution < 1.29 is 0 Å². The van der Waals surface area contributed by atoms with E-state index < -0.39 is 0 Å². The van der Waals surface area contributed by atoms with E-state index in [0.29, 0.717) is 0 Å². The van der Waals surface area contributed by atoms with Gasteiger partial charge in [-0.05, 0) is 0 Å². The predicted molar refractivity (Wildman–Crippen MR) is 73.0 cm³/mol. The fourth-order valence-electron chi connectivity index (χ4n) is 0. The summed E-state index contributed by atoms with van der Waals surface area (Å²) in [5, 5.41) is 0. The Kier molecular flexibility index (Phi) is 54.8. The van der Waals surface area contributed by atoms with Crippen LogP contribution in [0, 0.1) is 0 Å². The smallest absolute Gasteiger partial charge is 2.00 e. The molecule has 2 atom stereocenters. The van der Waals surface area contributed by atoms with Gasteiger partial charge in [0.05, 0.1) is 0 Å². The molecule has 0 heterocycles. The molecule has 0 saturated carbocycles. The Morgan fingerprint density at radius 3 is 0.846 bits per heavy atom. The molecule has 2 unspecified atom stereocenters.